The zero-order chi connectivity index (χ0) is 23.1. The first-order valence-electron chi connectivity index (χ1n) is 11.0. The summed E-state index contributed by atoms with van der Waals surface area (Å²) in [5.74, 6) is -0.121. The summed E-state index contributed by atoms with van der Waals surface area (Å²) in [6, 6.07) is 23.7. The summed E-state index contributed by atoms with van der Waals surface area (Å²) in [6.45, 7) is 5.15. The van der Waals surface area contributed by atoms with Gasteiger partial charge in [0.05, 0.1) is 17.7 Å². The van der Waals surface area contributed by atoms with Crippen molar-refractivity contribution in [2.24, 2.45) is 12.1 Å². The molecule has 1 aliphatic rings. The van der Waals surface area contributed by atoms with Gasteiger partial charge in [-0.2, -0.15) is 5.10 Å². The van der Waals surface area contributed by atoms with E-state index < -0.39 is 0 Å². The Balaban J connectivity index is 1.70. The standard InChI is InChI=1S/C27H25ClN4O/c1-4-31(20-8-6-5-7-9-20)27(33)26-25-22-15-12-19(28)16-23(22)30(3)24(25)17-32(29-26)21-13-10-18(2)11-14-21/h5-16H,4,17H2,1-3H3. The Morgan fingerprint density at radius 1 is 1.06 bits per heavy atom. The van der Waals surface area contributed by atoms with E-state index >= 15 is 0 Å². The van der Waals surface area contributed by atoms with Gasteiger partial charge >= 0.3 is 0 Å². The van der Waals surface area contributed by atoms with Crippen molar-refractivity contribution >= 4 is 45.5 Å². The molecule has 0 aliphatic carbocycles. The van der Waals surface area contributed by atoms with Crippen molar-refractivity contribution in [1.82, 2.24) is 4.57 Å². The highest BCUT2D eigenvalue weighted by atomic mass is 35.5. The lowest BCUT2D eigenvalue weighted by Gasteiger charge is -2.29. The Kier molecular flexibility index (Phi) is 5.43. The van der Waals surface area contributed by atoms with Crippen LogP contribution in [0, 0.1) is 6.92 Å². The Hall–Kier alpha value is -3.57. The molecule has 1 amide bonds. The highest BCUT2D eigenvalue weighted by Gasteiger charge is 2.33. The fourth-order valence-corrected chi connectivity index (χ4v) is 4.62. The number of aromatic nitrogens is 1. The number of aryl methyl sites for hydroxylation is 2. The van der Waals surface area contributed by atoms with Crippen molar-refractivity contribution in [2.45, 2.75) is 20.4 Å². The van der Waals surface area contributed by atoms with Crippen LogP contribution in [0.5, 0.6) is 0 Å². The van der Waals surface area contributed by atoms with E-state index in [0.29, 0.717) is 23.8 Å². The van der Waals surface area contributed by atoms with E-state index in [1.807, 2.05) is 79.6 Å². The summed E-state index contributed by atoms with van der Waals surface area (Å²) in [5, 5.41) is 8.48. The molecule has 2 heterocycles. The largest absolute Gasteiger partial charge is 0.345 e. The van der Waals surface area contributed by atoms with Gasteiger partial charge in [-0.25, -0.2) is 0 Å². The number of hydrazone groups is 1. The van der Waals surface area contributed by atoms with Gasteiger partial charge in [-0.15, -0.1) is 0 Å². The van der Waals surface area contributed by atoms with Crippen LogP contribution in [0.1, 0.15) is 23.7 Å². The van der Waals surface area contributed by atoms with Gasteiger partial charge in [0.2, 0.25) is 0 Å². The number of likely N-dealkylation sites (N-methyl/N-ethyl adjacent to an activating group) is 1. The van der Waals surface area contributed by atoms with Crippen molar-refractivity contribution in [3.63, 3.8) is 0 Å². The van der Waals surface area contributed by atoms with Gasteiger partial charge in [0.1, 0.15) is 0 Å². The lowest BCUT2D eigenvalue weighted by Crippen LogP contribution is -2.40. The third-order valence-electron chi connectivity index (χ3n) is 6.20. The van der Waals surface area contributed by atoms with Crippen LogP contribution in [0.15, 0.2) is 77.9 Å². The second-order valence-corrected chi connectivity index (χ2v) is 8.71. The average molecular weight is 457 g/mol. The van der Waals surface area contributed by atoms with Crippen molar-refractivity contribution < 1.29 is 4.79 Å². The number of fused-ring (bicyclic) bond motifs is 3. The van der Waals surface area contributed by atoms with E-state index in [1.54, 1.807) is 4.90 Å². The fourth-order valence-electron chi connectivity index (χ4n) is 4.45. The Labute approximate surface area is 198 Å². The second-order valence-electron chi connectivity index (χ2n) is 8.27. The van der Waals surface area contributed by atoms with E-state index in [9.17, 15) is 4.79 Å². The van der Waals surface area contributed by atoms with Gasteiger partial charge in [-0.1, -0.05) is 53.6 Å². The molecule has 0 radical (unpaired) electrons. The zero-order valence-corrected chi connectivity index (χ0v) is 19.7. The SMILES string of the molecule is CCN(C(=O)C1=NN(c2ccc(C)cc2)Cc2c1c1ccc(Cl)cc1n2C)c1ccccc1. The minimum atomic E-state index is -0.121. The zero-order valence-electron chi connectivity index (χ0n) is 18.9. The molecule has 0 saturated carbocycles. The summed E-state index contributed by atoms with van der Waals surface area (Å²) >= 11 is 6.32. The first-order valence-corrected chi connectivity index (χ1v) is 11.4. The summed E-state index contributed by atoms with van der Waals surface area (Å²) in [7, 11) is 2.02. The molecular formula is C27H25ClN4O. The molecule has 33 heavy (non-hydrogen) atoms. The highest BCUT2D eigenvalue weighted by molar-refractivity contribution is 6.52. The highest BCUT2D eigenvalue weighted by Crippen LogP contribution is 2.34. The molecule has 0 saturated heterocycles. The molecule has 0 atom stereocenters. The molecule has 0 fully saturated rings. The summed E-state index contributed by atoms with van der Waals surface area (Å²) in [6.07, 6.45) is 0. The molecular weight excluding hydrogens is 432 g/mol. The number of carbonyl (C=O) groups is 1. The Morgan fingerprint density at radius 2 is 1.79 bits per heavy atom. The first kappa shape index (κ1) is 21.3. The lowest BCUT2D eigenvalue weighted by atomic mass is 10.0. The van der Waals surface area contributed by atoms with Crippen LogP contribution >= 0.6 is 11.6 Å². The van der Waals surface area contributed by atoms with Crippen LogP contribution in [0.25, 0.3) is 10.9 Å². The summed E-state index contributed by atoms with van der Waals surface area (Å²) in [5.41, 5.74) is 6.32. The number of benzene rings is 3. The van der Waals surface area contributed by atoms with Crippen LogP contribution in [0.3, 0.4) is 0 Å². The van der Waals surface area contributed by atoms with Gasteiger partial charge < -0.3 is 9.47 Å². The molecule has 4 aromatic rings. The van der Waals surface area contributed by atoms with Gasteiger partial charge in [-0.3, -0.25) is 9.80 Å². The number of halogens is 1. The lowest BCUT2D eigenvalue weighted by molar-refractivity contribution is -0.112. The number of nitrogens with zero attached hydrogens (tertiary/aromatic N) is 4. The molecule has 0 bridgehead atoms. The molecule has 3 aromatic carbocycles. The molecule has 166 valence electrons. The maximum absolute atomic E-state index is 14.0. The predicted octanol–water partition coefficient (Wildman–Crippen LogP) is 5.92. The number of amides is 1. The van der Waals surface area contributed by atoms with E-state index in [2.05, 4.69) is 23.6 Å². The summed E-state index contributed by atoms with van der Waals surface area (Å²) < 4.78 is 2.12. The van der Waals surface area contributed by atoms with E-state index in [1.165, 1.54) is 5.56 Å². The van der Waals surface area contributed by atoms with Crippen molar-refractivity contribution in [3.05, 3.63) is 94.6 Å². The van der Waals surface area contributed by atoms with Gasteiger partial charge in [-0.05, 0) is 50.2 Å². The number of hydrogen-bond donors (Lipinski definition) is 0. The molecule has 5 rings (SSSR count). The number of carbonyl (C=O) groups excluding carboxylic acids is 1. The Bertz CT molecular complexity index is 1370. The van der Waals surface area contributed by atoms with E-state index in [-0.39, 0.29) is 5.91 Å². The maximum atomic E-state index is 14.0. The van der Waals surface area contributed by atoms with Crippen LogP contribution in [-0.2, 0) is 18.4 Å². The molecule has 1 aromatic heterocycles. The van der Waals surface area contributed by atoms with E-state index in [4.69, 9.17) is 16.7 Å². The number of rotatable bonds is 4. The third kappa shape index (κ3) is 3.68. The van der Waals surface area contributed by atoms with Crippen LogP contribution in [0.4, 0.5) is 11.4 Å². The predicted molar refractivity (Wildman–Crippen MR) is 136 cm³/mol. The van der Waals surface area contributed by atoms with Crippen LogP contribution in [-0.4, -0.2) is 22.7 Å². The van der Waals surface area contributed by atoms with E-state index in [0.717, 1.165) is 33.5 Å². The quantitative estimate of drug-likeness (QED) is 0.382. The monoisotopic (exact) mass is 456 g/mol. The van der Waals surface area contributed by atoms with Gasteiger partial charge in [0.15, 0.2) is 5.71 Å². The normalized spacial score (nSPS) is 13.1. The smallest absolute Gasteiger partial charge is 0.279 e. The molecule has 6 heteroatoms. The van der Waals surface area contributed by atoms with Crippen LogP contribution in [0.2, 0.25) is 5.02 Å². The van der Waals surface area contributed by atoms with Crippen LogP contribution < -0.4 is 9.91 Å². The third-order valence-corrected chi connectivity index (χ3v) is 6.44. The first-order chi connectivity index (χ1) is 16.0. The summed E-state index contributed by atoms with van der Waals surface area (Å²) in [4.78, 5) is 15.8. The topological polar surface area (TPSA) is 40.8 Å². The average Bonchev–Trinajstić information content (AvgIpc) is 3.11. The second kappa shape index (κ2) is 8.41. The number of para-hydroxylation sites is 1. The molecule has 0 spiro atoms. The molecule has 5 nitrogen and oxygen atoms in total. The minimum Gasteiger partial charge on any atom is -0.345 e. The molecule has 0 N–H and O–H groups in total. The molecule has 0 unspecified atom stereocenters. The van der Waals surface area contributed by atoms with Gasteiger partial charge in [0, 0.05) is 40.9 Å². The Morgan fingerprint density at radius 3 is 2.48 bits per heavy atom. The number of anilines is 2. The molecule has 1 aliphatic heterocycles. The fraction of sp³-hybridized carbons (Fsp3) is 0.185. The number of hydrogen-bond acceptors (Lipinski definition) is 3. The van der Waals surface area contributed by atoms with Gasteiger partial charge in [0.25, 0.3) is 5.91 Å². The van der Waals surface area contributed by atoms with Crippen molar-refractivity contribution in [3.8, 4) is 0 Å². The van der Waals surface area contributed by atoms with Crippen molar-refractivity contribution in [2.75, 3.05) is 16.5 Å². The minimum absolute atomic E-state index is 0.121. The van der Waals surface area contributed by atoms with Crippen molar-refractivity contribution in [1.29, 1.82) is 0 Å². The maximum Gasteiger partial charge on any atom is 0.279 e.